The molecule has 21 heavy (non-hydrogen) atoms. The fourth-order valence-electron chi connectivity index (χ4n) is 2.32. The number of sulfonamides is 1. The van der Waals surface area contributed by atoms with Gasteiger partial charge in [-0.2, -0.15) is 9.29 Å². The highest BCUT2D eigenvalue weighted by atomic mass is 32.2. The van der Waals surface area contributed by atoms with E-state index < -0.39 is 15.3 Å². The van der Waals surface area contributed by atoms with Gasteiger partial charge in [-0.05, 0) is 26.0 Å². The molecule has 0 saturated carbocycles. The third-order valence-electron chi connectivity index (χ3n) is 3.62. The maximum Gasteiger partial charge on any atom is 0.300 e. The summed E-state index contributed by atoms with van der Waals surface area (Å²) in [5.74, 6) is 0. The molecule has 0 spiro atoms. The molecule has 0 aliphatic carbocycles. The van der Waals surface area contributed by atoms with Crippen LogP contribution in [-0.4, -0.2) is 54.1 Å². The molecular formula is C13H18N4O3S. The zero-order valence-corrected chi connectivity index (χ0v) is 12.9. The van der Waals surface area contributed by atoms with Gasteiger partial charge in [-0.15, -0.1) is 0 Å². The third-order valence-corrected chi connectivity index (χ3v) is 5.89. The minimum Gasteiger partial charge on any atom is -0.422 e. The van der Waals surface area contributed by atoms with E-state index >= 15 is 0 Å². The summed E-state index contributed by atoms with van der Waals surface area (Å²) in [6.45, 7) is 5.44. The SMILES string of the molecule is CC(C)S(=O)(=O)N1CCN(c2nc3ncccc3o2)CC1. The predicted molar refractivity (Wildman–Crippen MR) is 79.6 cm³/mol. The van der Waals surface area contributed by atoms with E-state index in [1.807, 2.05) is 11.0 Å². The molecule has 1 fully saturated rings. The zero-order chi connectivity index (χ0) is 15.0. The van der Waals surface area contributed by atoms with Crippen molar-refractivity contribution in [3.8, 4) is 0 Å². The summed E-state index contributed by atoms with van der Waals surface area (Å²) < 4.78 is 31.5. The van der Waals surface area contributed by atoms with Crippen LogP contribution >= 0.6 is 0 Å². The zero-order valence-electron chi connectivity index (χ0n) is 12.1. The van der Waals surface area contributed by atoms with E-state index in [1.165, 1.54) is 4.31 Å². The van der Waals surface area contributed by atoms with Crippen molar-refractivity contribution in [1.82, 2.24) is 14.3 Å². The van der Waals surface area contributed by atoms with Gasteiger partial charge >= 0.3 is 0 Å². The molecule has 0 atom stereocenters. The van der Waals surface area contributed by atoms with Crippen LogP contribution in [0.4, 0.5) is 6.01 Å². The van der Waals surface area contributed by atoms with Gasteiger partial charge in [-0.25, -0.2) is 13.4 Å². The molecule has 0 radical (unpaired) electrons. The smallest absolute Gasteiger partial charge is 0.300 e. The predicted octanol–water partition coefficient (Wildman–Crippen LogP) is 1.08. The second kappa shape index (κ2) is 5.27. The highest BCUT2D eigenvalue weighted by Crippen LogP contribution is 2.22. The van der Waals surface area contributed by atoms with Crippen LogP contribution in [0.2, 0.25) is 0 Å². The normalized spacial score (nSPS) is 17.8. The van der Waals surface area contributed by atoms with Crippen molar-refractivity contribution in [2.45, 2.75) is 19.1 Å². The Labute approximate surface area is 123 Å². The van der Waals surface area contributed by atoms with E-state index in [-0.39, 0.29) is 0 Å². The summed E-state index contributed by atoms with van der Waals surface area (Å²) in [4.78, 5) is 10.4. The molecule has 0 amide bonds. The number of hydrogen-bond donors (Lipinski definition) is 0. The van der Waals surface area contributed by atoms with Gasteiger partial charge in [0, 0.05) is 32.4 Å². The average Bonchev–Trinajstić information content (AvgIpc) is 2.91. The molecule has 0 bridgehead atoms. The molecule has 1 aliphatic heterocycles. The monoisotopic (exact) mass is 310 g/mol. The lowest BCUT2D eigenvalue weighted by molar-refractivity contribution is 0.370. The maximum absolute atomic E-state index is 12.1. The van der Waals surface area contributed by atoms with Gasteiger partial charge < -0.3 is 9.32 Å². The number of rotatable bonds is 3. The maximum atomic E-state index is 12.1. The van der Waals surface area contributed by atoms with Gasteiger partial charge in [0.2, 0.25) is 15.7 Å². The van der Waals surface area contributed by atoms with Crippen LogP contribution in [0.1, 0.15) is 13.8 Å². The molecule has 0 aromatic carbocycles. The lowest BCUT2D eigenvalue weighted by Crippen LogP contribution is -2.50. The average molecular weight is 310 g/mol. The summed E-state index contributed by atoms with van der Waals surface area (Å²) in [6.07, 6.45) is 1.67. The summed E-state index contributed by atoms with van der Waals surface area (Å²) in [5.41, 5.74) is 1.22. The van der Waals surface area contributed by atoms with Crippen molar-refractivity contribution in [3.05, 3.63) is 18.3 Å². The Morgan fingerprint density at radius 3 is 2.57 bits per heavy atom. The van der Waals surface area contributed by atoms with Gasteiger partial charge in [0.15, 0.2) is 5.58 Å². The first-order valence-electron chi connectivity index (χ1n) is 6.94. The molecule has 7 nitrogen and oxygen atoms in total. The van der Waals surface area contributed by atoms with Crippen LogP contribution in [0.3, 0.4) is 0 Å². The van der Waals surface area contributed by atoms with Crippen LogP contribution in [-0.2, 0) is 10.0 Å². The van der Waals surface area contributed by atoms with E-state index in [0.717, 1.165) is 0 Å². The number of nitrogens with zero attached hydrogens (tertiary/aromatic N) is 4. The molecule has 1 aliphatic rings. The fourth-order valence-corrected chi connectivity index (χ4v) is 3.59. The standard InChI is InChI=1S/C13H18N4O3S/c1-10(2)21(18,19)17-8-6-16(7-9-17)13-15-12-11(20-13)4-3-5-14-12/h3-5,10H,6-9H2,1-2H3. The summed E-state index contributed by atoms with van der Waals surface area (Å²) in [7, 11) is -3.19. The van der Waals surface area contributed by atoms with Gasteiger partial charge in [0.25, 0.3) is 6.01 Å². The van der Waals surface area contributed by atoms with E-state index in [2.05, 4.69) is 9.97 Å². The van der Waals surface area contributed by atoms with Crippen LogP contribution in [0.25, 0.3) is 11.2 Å². The summed E-state index contributed by atoms with van der Waals surface area (Å²) >= 11 is 0. The minimum atomic E-state index is -3.19. The summed E-state index contributed by atoms with van der Waals surface area (Å²) in [6, 6.07) is 4.12. The second-order valence-electron chi connectivity index (χ2n) is 5.30. The van der Waals surface area contributed by atoms with E-state index in [4.69, 9.17) is 4.42 Å². The lowest BCUT2D eigenvalue weighted by Gasteiger charge is -2.33. The molecule has 2 aromatic rings. The van der Waals surface area contributed by atoms with Crippen LogP contribution < -0.4 is 4.90 Å². The number of pyridine rings is 1. The Morgan fingerprint density at radius 2 is 1.95 bits per heavy atom. The summed E-state index contributed by atoms with van der Waals surface area (Å²) in [5, 5.41) is -0.391. The van der Waals surface area contributed by atoms with Crippen molar-refractivity contribution >= 4 is 27.3 Å². The third kappa shape index (κ3) is 2.60. The van der Waals surface area contributed by atoms with Gasteiger partial charge in [-0.1, -0.05) is 0 Å². The Balaban J connectivity index is 1.74. The Morgan fingerprint density at radius 1 is 1.24 bits per heavy atom. The van der Waals surface area contributed by atoms with Crippen LogP contribution in [0, 0.1) is 0 Å². The van der Waals surface area contributed by atoms with Gasteiger partial charge in [-0.3, -0.25) is 0 Å². The molecule has 8 heteroatoms. The Kier molecular flexibility index (Phi) is 3.58. The highest BCUT2D eigenvalue weighted by molar-refractivity contribution is 7.89. The lowest BCUT2D eigenvalue weighted by atomic mass is 10.4. The number of oxazole rings is 1. The molecule has 3 heterocycles. The highest BCUT2D eigenvalue weighted by Gasteiger charge is 2.30. The first-order chi connectivity index (χ1) is 9.98. The van der Waals surface area contributed by atoms with Crippen LogP contribution in [0.5, 0.6) is 0 Å². The van der Waals surface area contributed by atoms with E-state index in [9.17, 15) is 8.42 Å². The Bertz CT molecular complexity index is 700. The van der Waals surface area contributed by atoms with Crippen LogP contribution in [0.15, 0.2) is 22.7 Å². The van der Waals surface area contributed by atoms with Crippen molar-refractivity contribution in [2.75, 3.05) is 31.1 Å². The quantitative estimate of drug-likeness (QED) is 0.844. The largest absolute Gasteiger partial charge is 0.422 e. The molecule has 1 saturated heterocycles. The number of aromatic nitrogens is 2. The fraction of sp³-hybridized carbons (Fsp3) is 0.538. The van der Waals surface area contributed by atoms with Crippen molar-refractivity contribution < 1.29 is 12.8 Å². The molecule has 0 unspecified atom stereocenters. The van der Waals surface area contributed by atoms with Crippen molar-refractivity contribution in [1.29, 1.82) is 0 Å². The van der Waals surface area contributed by atoms with E-state index in [0.29, 0.717) is 43.4 Å². The van der Waals surface area contributed by atoms with Gasteiger partial charge in [0.05, 0.1) is 5.25 Å². The first-order valence-corrected chi connectivity index (χ1v) is 8.44. The number of piperazine rings is 1. The number of fused-ring (bicyclic) bond motifs is 1. The molecule has 114 valence electrons. The first kappa shape index (κ1) is 14.3. The molecule has 0 N–H and O–H groups in total. The minimum absolute atomic E-state index is 0.391. The Hall–Kier alpha value is -1.67. The molecular weight excluding hydrogens is 292 g/mol. The topological polar surface area (TPSA) is 79.5 Å². The molecule has 2 aromatic heterocycles. The van der Waals surface area contributed by atoms with Gasteiger partial charge in [0.1, 0.15) is 0 Å². The number of hydrogen-bond acceptors (Lipinski definition) is 6. The van der Waals surface area contributed by atoms with Crippen molar-refractivity contribution in [2.24, 2.45) is 0 Å². The second-order valence-corrected chi connectivity index (χ2v) is 7.79. The van der Waals surface area contributed by atoms with Crippen molar-refractivity contribution in [3.63, 3.8) is 0 Å². The number of anilines is 1. The molecule has 3 rings (SSSR count). The van der Waals surface area contributed by atoms with E-state index in [1.54, 1.807) is 26.1 Å².